The number of benzene rings is 2. The van der Waals surface area contributed by atoms with Crippen LogP contribution >= 0.6 is 27.5 Å². The summed E-state index contributed by atoms with van der Waals surface area (Å²) < 4.78 is 15.5. The number of aromatic nitrogens is 2. The predicted octanol–water partition coefficient (Wildman–Crippen LogP) is 5.28. The zero-order chi connectivity index (χ0) is 17.4. The normalized spacial score (nSPS) is 10.9. The van der Waals surface area contributed by atoms with Gasteiger partial charge in [-0.05, 0) is 72.2 Å². The van der Waals surface area contributed by atoms with Gasteiger partial charge < -0.3 is 0 Å². The van der Waals surface area contributed by atoms with Gasteiger partial charge in [0.25, 0.3) is 0 Å². The maximum absolute atomic E-state index is 13.1. The van der Waals surface area contributed by atoms with Gasteiger partial charge in [0.1, 0.15) is 5.82 Å². The Hall–Kier alpha value is -1.98. The molecule has 0 amide bonds. The zero-order valence-corrected chi connectivity index (χ0v) is 15.3. The summed E-state index contributed by atoms with van der Waals surface area (Å²) in [7, 11) is 0. The Labute approximate surface area is 152 Å². The first-order chi connectivity index (χ1) is 11.4. The molecule has 1 aromatic heterocycles. The third-order valence-corrected chi connectivity index (χ3v) is 5.01. The van der Waals surface area contributed by atoms with E-state index >= 15 is 0 Å². The van der Waals surface area contributed by atoms with Crippen molar-refractivity contribution >= 4 is 33.3 Å². The van der Waals surface area contributed by atoms with Gasteiger partial charge in [0.2, 0.25) is 0 Å². The van der Waals surface area contributed by atoms with Crippen LogP contribution in [0.5, 0.6) is 0 Å². The molecule has 1 heterocycles. The van der Waals surface area contributed by atoms with Gasteiger partial charge in [-0.1, -0.05) is 11.6 Å². The number of aryl methyl sites for hydroxylation is 1. The number of carbonyl (C=O) groups is 1. The number of ketones is 1. The number of carbonyl (C=O) groups excluding carboxylic acids is 1. The second-order valence-corrected chi connectivity index (χ2v) is 6.65. The van der Waals surface area contributed by atoms with Crippen molar-refractivity contribution < 1.29 is 9.18 Å². The Bertz CT molecular complexity index is 935. The summed E-state index contributed by atoms with van der Waals surface area (Å²) in [4.78, 5) is 12.8. The number of halogens is 3. The van der Waals surface area contributed by atoms with Crippen LogP contribution in [0.3, 0.4) is 0 Å². The van der Waals surface area contributed by atoms with Gasteiger partial charge in [-0.25, -0.2) is 9.07 Å². The minimum atomic E-state index is -0.375. The quantitative estimate of drug-likeness (QED) is 0.554. The average Bonchev–Trinajstić information content (AvgIpc) is 2.85. The molecule has 0 unspecified atom stereocenters. The van der Waals surface area contributed by atoms with Crippen molar-refractivity contribution in [1.29, 1.82) is 0 Å². The Kier molecular flexibility index (Phi) is 4.56. The molecule has 0 spiro atoms. The highest BCUT2D eigenvalue weighted by Crippen LogP contribution is 2.27. The summed E-state index contributed by atoms with van der Waals surface area (Å²) in [5.41, 5.74) is 3.03. The first-order valence-electron chi connectivity index (χ1n) is 7.20. The van der Waals surface area contributed by atoms with Crippen LogP contribution in [0.25, 0.3) is 5.69 Å². The van der Waals surface area contributed by atoms with E-state index in [-0.39, 0.29) is 11.6 Å². The molecule has 0 fully saturated rings. The topological polar surface area (TPSA) is 34.9 Å². The van der Waals surface area contributed by atoms with Crippen molar-refractivity contribution in [2.24, 2.45) is 0 Å². The molecule has 0 aliphatic carbocycles. The van der Waals surface area contributed by atoms with E-state index in [0.29, 0.717) is 27.5 Å². The molecule has 0 aliphatic heterocycles. The highest BCUT2D eigenvalue weighted by Gasteiger charge is 2.21. The smallest absolute Gasteiger partial charge is 0.196 e. The molecule has 6 heteroatoms. The lowest BCUT2D eigenvalue weighted by Crippen LogP contribution is -2.05. The Morgan fingerprint density at radius 3 is 2.46 bits per heavy atom. The van der Waals surface area contributed by atoms with Crippen molar-refractivity contribution in [2.75, 3.05) is 0 Å². The molecule has 24 heavy (non-hydrogen) atoms. The molecule has 0 bridgehead atoms. The Morgan fingerprint density at radius 2 is 1.83 bits per heavy atom. The number of hydrogen-bond acceptors (Lipinski definition) is 2. The molecule has 0 N–H and O–H groups in total. The first kappa shape index (κ1) is 16.9. The second kappa shape index (κ2) is 6.49. The third-order valence-electron chi connectivity index (χ3n) is 3.77. The highest BCUT2D eigenvalue weighted by molar-refractivity contribution is 9.10. The maximum Gasteiger partial charge on any atom is 0.196 e. The van der Waals surface area contributed by atoms with Crippen LogP contribution < -0.4 is 0 Å². The van der Waals surface area contributed by atoms with E-state index in [1.807, 2.05) is 19.1 Å². The van der Waals surface area contributed by atoms with E-state index in [1.54, 1.807) is 17.7 Å². The van der Waals surface area contributed by atoms with Gasteiger partial charge >= 0.3 is 0 Å². The highest BCUT2D eigenvalue weighted by atomic mass is 79.9. The summed E-state index contributed by atoms with van der Waals surface area (Å²) in [6, 6.07) is 11.0. The molecular weight excluding hydrogens is 395 g/mol. The second-order valence-electron chi connectivity index (χ2n) is 5.39. The summed E-state index contributed by atoms with van der Waals surface area (Å²) in [5, 5.41) is 5.02. The SMILES string of the molecule is Cc1nn(-c2ccc(Br)c(Cl)c2)c(C)c1C(=O)c1ccc(F)cc1. The Balaban J connectivity index is 2.07. The monoisotopic (exact) mass is 406 g/mol. The molecule has 3 rings (SSSR count). The van der Waals surface area contributed by atoms with E-state index < -0.39 is 0 Å². The summed E-state index contributed by atoms with van der Waals surface area (Å²) >= 11 is 9.50. The van der Waals surface area contributed by atoms with Crippen LogP contribution in [0, 0.1) is 19.7 Å². The van der Waals surface area contributed by atoms with Crippen LogP contribution in [0.2, 0.25) is 5.02 Å². The summed E-state index contributed by atoms with van der Waals surface area (Å²) in [5.74, 6) is -0.556. The molecular formula is C18H13BrClFN2O. The molecule has 0 radical (unpaired) electrons. The maximum atomic E-state index is 13.1. The van der Waals surface area contributed by atoms with Crippen molar-refractivity contribution in [2.45, 2.75) is 13.8 Å². The lowest BCUT2D eigenvalue weighted by Gasteiger charge is -2.07. The zero-order valence-electron chi connectivity index (χ0n) is 13.0. The molecule has 3 aromatic rings. The van der Waals surface area contributed by atoms with E-state index in [9.17, 15) is 9.18 Å². The molecule has 2 aromatic carbocycles. The summed E-state index contributed by atoms with van der Waals surface area (Å²) in [6.07, 6.45) is 0. The van der Waals surface area contributed by atoms with Crippen LogP contribution in [0.15, 0.2) is 46.9 Å². The lowest BCUT2D eigenvalue weighted by atomic mass is 10.0. The summed E-state index contributed by atoms with van der Waals surface area (Å²) in [6.45, 7) is 3.60. The van der Waals surface area contributed by atoms with Crippen LogP contribution in [-0.2, 0) is 0 Å². The van der Waals surface area contributed by atoms with Gasteiger partial charge in [-0.2, -0.15) is 5.10 Å². The van der Waals surface area contributed by atoms with Crippen LogP contribution in [-0.4, -0.2) is 15.6 Å². The molecule has 0 atom stereocenters. The minimum absolute atomic E-state index is 0.181. The molecule has 122 valence electrons. The molecule has 3 nitrogen and oxygen atoms in total. The number of rotatable bonds is 3. The van der Waals surface area contributed by atoms with E-state index in [2.05, 4.69) is 21.0 Å². The van der Waals surface area contributed by atoms with Gasteiger partial charge in [0.05, 0.1) is 27.7 Å². The van der Waals surface area contributed by atoms with Crippen LogP contribution in [0.1, 0.15) is 27.3 Å². The largest absolute Gasteiger partial charge is 0.288 e. The van der Waals surface area contributed by atoms with Crippen molar-refractivity contribution in [3.63, 3.8) is 0 Å². The van der Waals surface area contributed by atoms with E-state index in [0.717, 1.165) is 10.2 Å². The van der Waals surface area contributed by atoms with Crippen molar-refractivity contribution in [3.8, 4) is 5.69 Å². The average molecular weight is 408 g/mol. The minimum Gasteiger partial charge on any atom is -0.288 e. The van der Waals surface area contributed by atoms with Gasteiger partial charge in [0.15, 0.2) is 5.78 Å². The Morgan fingerprint density at radius 1 is 1.17 bits per heavy atom. The molecule has 0 saturated carbocycles. The third kappa shape index (κ3) is 3.01. The lowest BCUT2D eigenvalue weighted by molar-refractivity contribution is 0.103. The van der Waals surface area contributed by atoms with Crippen LogP contribution in [0.4, 0.5) is 4.39 Å². The number of nitrogens with zero attached hydrogens (tertiary/aromatic N) is 2. The van der Waals surface area contributed by atoms with E-state index in [1.165, 1.54) is 24.3 Å². The van der Waals surface area contributed by atoms with Gasteiger partial charge in [-0.3, -0.25) is 4.79 Å². The fourth-order valence-corrected chi connectivity index (χ4v) is 3.01. The molecule has 0 aliphatic rings. The standard InChI is InChI=1S/C18H13BrClFN2O/c1-10-17(18(24)12-3-5-13(21)6-4-12)11(2)23(22-10)14-7-8-15(19)16(20)9-14/h3-9H,1-2H3. The van der Waals surface area contributed by atoms with E-state index in [4.69, 9.17) is 11.6 Å². The fourth-order valence-electron chi connectivity index (χ4n) is 2.59. The van der Waals surface area contributed by atoms with Crippen molar-refractivity contribution in [1.82, 2.24) is 9.78 Å². The predicted molar refractivity (Wildman–Crippen MR) is 95.6 cm³/mol. The first-order valence-corrected chi connectivity index (χ1v) is 8.37. The van der Waals surface area contributed by atoms with Gasteiger partial charge in [-0.15, -0.1) is 0 Å². The van der Waals surface area contributed by atoms with Gasteiger partial charge in [0, 0.05) is 10.0 Å². The fraction of sp³-hybridized carbons (Fsp3) is 0.111. The van der Waals surface area contributed by atoms with Crippen molar-refractivity contribution in [3.05, 3.63) is 80.3 Å². The molecule has 0 saturated heterocycles. The number of hydrogen-bond donors (Lipinski definition) is 0.